The first-order valence-electron chi connectivity index (χ1n) is 5.02. The van der Waals surface area contributed by atoms with E-state index in [1.165, 1.54) is 6.42 Å². The maximum atomic E-state index is 5.07. The van der Waals surface area contributed by atoms with Crippen LogP contribution in [0.25, 0.3) is 0 Å². The molecule has 0 aromatic rings. The third-order valence-corrected chi connectivity index (χ3v) is 2.56. The maximum absolute atomic E-state index is 5.07. The summed E-state index contributed by atoms with van der Waals surface area (Å²) in [6.45, 7) is 4.12. The first-order valence-corrected chi connectivity index (χ1v) is 5.94. The minimum Gasteiger partial charge on any atom is -0.383 e. The lowest BCUT2D eigenvalue weighted by molar-refractivity contribution is 0.185. The van der Waals surface area contributed by atoms with Crippen LogP contribution in [0.5, 0.6) is 0 Å². The summed E-state index contributed by atoms with van der Waals surface area (Å²) in [5.41, 5.74) is 0. The van der Waals surface area contributed by atoms with Gasteiger partial charge in [0.05, 0.1) is 11.4 Å². The molecule has 0 aliphatic heterocycles. The van der Waals surface area contributed by atoms with Gasteiger partial charge in [-0.25, -0.2) is 0 Å². The van der Waals surface area contributed by atoms with Gasteiger partial charge in [-0.2, -0.15) is 0 Å². The van der Waals surface area contributed by atoms with Gasteiger partial charge < -0.3 is 14.5 Å². The second-order valence-corrected chi connectivity index (χ2v) is 5.27. The van der Waals surface area contributed by atoms with Gasteiger partial charge in [0, 0.05) is 13.7 Å². The third kappa shape index (κ3) is 8.94. The Kier molecular flexibility index (Phi) is 8.87. The maximum Gasteiger partial charge on any atom is 0.0600 e. The number of hydrogen-bond acceptors (Lipinski definition) is 3. The average molecular weight is 267 g/mol. The number of rotatable bonds is 8. The predicted octanol–water partition coefficient (Wildman–Crippen LogP) is 1.28. The van der Waals surface area contributed by atoms with E-state index in [9.17, 15) is 0 Å². The van der Waals surface area contributed by atoms with Crippen molar-refractivity contribution in [3.63, 3.8) is 0 Å². The van der Waals surface area contributed by atoms with Gasteiger partial charge in [0.2, 0.25) is 0 Å². The fourth-order valence-electron chi connectivity index (χ4n) is 1.32. The van der Waals surface area contributed by atoms with E-state index in [1.807, 2.05) is 0 Å². The van der Waals surface area contributed by atoms with Crippen molar-refractivity contribution in [1.82, 2.24) is 9.80 Å². The van der Waals surface area contributed by atoms with Crippen molar-refractivity contribution >= 4 is 15.9 Å². The van der Waals surface area contributed by atoms with Gasteiger partial charge in [0.1, 0.15) is 0 Å². The summed E-state index contributed by atoms with van der Waals surface area (Å²) >= 11 is 3.58. The number of methoxy groups -OCH3 is 1. The molecule has 14 heavy (non-hydrogen) atoms. The van der Waals surface area contributed by atoms with E-state index in [-0.39, 0.29) is 0 Å². The van der Waals surface area contributed by atoms with Crippen molar-refractivity contribution in [2.45, 2.75) is 11.2 Å². The smallest absolute Gasteiger partial charge is 0.0600 e. The van der Waals surface area contributed by atoms with E-state index < -0.39 is 0 Å². The number of alkyl halides is 1. The fourth-order valence-corrected chi connectivity index (χ4v) is 2.08. The van der Waals surface area contributed by atoms with E-state index in [2.05, 4.69) is 46.9 Å². The monoisotopic (exact) mass is 266 g/mol. The molecule has 1 atom stereocenters. The zero-order valence-electron chi connectivity index (χ0n) is 9.79. The summed E-state index contributed by atoms with van der Waals surface area (Å²) in [5.74, 6) is 0. The van der Waals surface area contributed by atoms with Crippen LogP contribution in [0.2, 0.25) is 0 Å². The summed E-state index contributed by atoms with van der Waals surface area (Å²) in [6.07, 6.45) is 1.22. The summed E-state index contributed by atoms with van der Waals surface area (Å²) in [4.78, 5) is 4.99. The molecule has 0 N–H and O–H groups in total. The average Bonchev–Trinajstić information content (AvgIpc) is 2.03. The van der Waals surface area contributed by atoms with Crippen LogP contribution in [0.3, 0.4) is 0 Å². The Morgan fingerprint density at radius 3 is 2.36 bits per heavy atom. The molecule has 3 nitrogen and oxygen atoms in total. The van der Waals surface area contributed by atoms with Crippen molar-refractivity contribution in [2.24, 2.45) is 0 Å². The summed E-state index contributed by atoms with van der Waals surface area (Å²) in [7, 11) is 8.11. The van der Waals surface area contributed by atoms with Crippen LogP contribution in [-0.4, -0.2) is 69.1 Å². The van der Waals surface area contributed by atoms with Crippen LogP contribution in [-0.2, 0) is 4.74 Å². The summed E-state index contributed by atoms with van der Waals surface area (Å²) < 4.78 is 5.07. The van der Waals surface area contributed by atoms with E-state index in [1.54, 1.807) is 7.11 Å². The van der Waals surface area contributed by atoms with Gasteiger partial charge in [-0.15, -0.1) is 0 Å². The summed E-state index contributed by atoms with van der Waals surface area (Å²) in [5, 5.41) is 0. The highest BCUT2D eigenvalue weighted by Gasteiger charge is 2.07. The van der Waals surface area contributed by atoms with Crippen LogP contribution in [0.15, 0.2) is 0 Å². The Morgan fingerprint density at radius 1 is 1.21 bits per heavy atom. The van der Waals surface area contributed by atoms with Crippen LogP contribution >= 0.6 is 15.9 Å². The molecule has 0 aromatic carbocycles. The molecule has 0 fully saturated rings. The predicted molar refractivity (Wildman–Crippen MR) is 65.3 cm³/mol. The number of ether oxygens (including phenoxy) is 1. The second-order valence-electron chi connectivity index (χ2n) is 3.97. The first kappa shape index (κ1) is 14.4. The molecule has 0 aliphatic rings. The molecule has 0 aliphatic carbocycles. The van der Waals surface area contributed by atoms with Crippen molar-refractivity contribution in [1.29, 1.82) is 0 Å². The quantitative estimate of drug-likeness (QED) is 0.616. The lowest BCUT2D eigenvalue weighted by atomic mass is 10.3. The van der Waals surface area contributed by atoms with Gasteiger partial charge in [-0.3, -0.25) is 0 Å². The standard InChI is InChI=1S/C10H23BrN2O/c1-12(2)6-5-7-13(3)8-10(11)9-14-4/h10H,5-9H2,1-4H3. The van der Waals surface area contributed by atoms with Gasteiger partial charge in [-0.1, -0.05) is 15.9 Å². The van der Waals surface area contributed by atoms with Gasteiger partial charge in [-0.05, 0) is 40.7 Å². The highest BCUT2D eigenvalue weighted by atomic mass is 79.9. The van der Waals surface area contributed by atoms with Gasteiger partial charge in [0.15, 0.2) is 0 Å². The number of nitrogens with zero attached hydrogens (tertiary/aromatic N) is 2. The van der Waals surface area contributed by atoms with Crippen molar-refractivity contribution in [3.8, 4) is 0 Å². The van der Waals surface area contributed by atoms with E-state index in [0.29, 0.717) is 4.83 Å². The molecule has 0 spiro atoms. The highest BCUT2D eigenvalue weighted by molar-refractivity contribution is 9.09. The van der Waals surface area contributed by atoms with E-state index in [0.717, 1.165) is 26.2 Å². The molecule has 0 saturated carbocycles. The normalized spacial score (nSPS) is 13.9. The summed E-state index contributed by atoms with van der Waals surface area (Å²) in [6, 6.07) is 0. The van der Waals surface area contributed by atoms with E-state index in [4.69, 9.17) is 4.74 Å². The van der Waals surface area contributed by atoms with Crippen LogP contribution in [0.1, 0.15) is 6.42 Å². The molecule has 4 heteroatoms. The van der Waals surface area contributed by atoms with Crippen LogP contribution in [0, 0.1) is 0 Å². The Bertz CT molecular complexity index is 133. The minimum absolute atomic E-state index is 0.442. The number of hydrogen-bond donors (Lipinski definition) is 0. The van der Waals surface area contributed by atoms with Gasteiger partial charge in [0.25, 0.3) is 0 Å². The Balaban J connectivity index is 3.39. The molecular weight excluding hydrogens is 244 g/mol. The lowest BCUT2D eigenvalue weighted by Gasteiger charge is -2.20. The Morgan fingerprint density at radius 2 is 1.86 bits per heavy atom. The Hall–Kier alpha value is 0.360. The largest absolute Gasteiger partial charge is 0.383 e. The van der Waals surface area contributed by atoms with Crippen molar-refractivity contribution in [3.05, 3.63) is 0 Å². The minimum atomic E-state index is 0.442. The molecule has 1 unspecified atom stereocenters. The molecular formula is C10H23BrN2O. The van der Waals surface area contributed by atoms with Crippen LogP contribution < -0.4 is 0 Å². The van der Waals surface area contributed by atoms with E-state index >= 15 is 0 Å². The van der Waals surface area contributed by atoms with Crippen molar-refractivity contribution in [2.75, 3.05) is 54.5 Å². The molecule has 0 aromatic heterocycles. The first-order chi connectivity index (χ1) is 6.56. The van der Waals surface area contributed by atoms with Gasteiger partial charge >= 0.3 is 0 Å². The number of halogens is 1. The zero-order chi connectivity index (χ0) is 11.0. The SMILES string of the molecule is COCC(Br)CN(C)CCCN(C)C. The fraction of sp³-hybridized carbons (Fsp3) is 1.00. The molecule has 0 heterocycles. The van der Waals surface area contributed by atoms with Crippen LogP contribution in [0.4, 0.5) is 0 Å². The molecule has 0 amide bonds. The second kappa shape index (κ2) is 8.65. The molecule has 86 valence electrons. The zero-order valence-corrected chi connectivity index (χ0v) is 11.4. The topological polar surface area (TPSA) is 15.7 Å². The molecule has 0 bridgehead atoms. The van der Waals surface area contributed by atoms with Crippen molar-refractivity contribution < 1.29 is 4.74 Å². The highest BCUT2D eigenvalue weighted by Crippen LogP contribution is 2.02. The third-order valence-electron chi connectivity index (χ3n) is 2.00. The lowest BCUT2D eigenvalue weighted by Crippen LogP contribution is -2.30. The molecule has 0 rings (SSSR count). The Labute approximate surface area is 96.5 Å². The molecule has 0 saturated heterocycles. The molecule has 0 radical (unpaired) electrons.